The summed E-state index contributed by atoms with van der Waals surface area (Å²) in [5, 5.41) is 16.3. The van der Waals surface area contributed by atoms with Gasteiger partial charge in [-0.05, 0) is 40.5 Å². The summed E-state index contributed by atoms with van der Waals surface area (Å²) in [5.74, 6) is 0. The maximum absolute atomic E-state index is 8.62. The van der Waals surface area contributed by atoms with E-state index in [1.54, 1.807) is 6.20 Å². The lowest BCUT2D eigenvalue weighted by atomic mass is 10.1. The van der Waals surface area contributed by atoms with Crippen LogP contribution >= 0.6 is 15.9 Å². The van der Waals surface area contributed by atoms with Crippen molar-refractivity contribution in [2.45, 2.75) is 25.9 Å². The Bertz CT molecular complexity index is 568. The number of hydrogen-bond acceptors (Lipinski definition) is 3. The molecular weight excluding hydrogens is 304 g/mol. The number of rotatable bonds is 5. The van der Waals surface area contributed by atoms with Crippen LogP contribution in [0, 0.1) is 11.3 Å². The zero-order chi connectivity index (χ0) is 13.7. The number of hydrogen-bond donors (Lipinski definition) is 1. The molecule has 0 aliphatic heterocycles. The highest BCUT2D eigenvalue weighted by molar-refractivity contribution is 9.10. The Labute approximate surface area is 121 Å². The van der Waals surface area contributed by atoms with Gasteiger partial charge in [0.25, 0.3) is 0 Å². The van der Waals surface area contributed by atoms with Crippen molar-refractivity contribution in [2.75, 3.05) is 5.32 Å². The molecule has 0 radical (unpaired) electrons. The van der Waals surface area contributed by atoms with Gasteiger partial charge in [-0.15, -0.1) is 0 Å². The highest BCUT2D eigenvalue weighted by Gasteiger charge is 2.04. The van der Waals surface area contributed by atoms with E-state index in [0.717, 1.165) is 22.3 Å². The standard InChI is InChI=1S/C14H15BrN4/c1-11(9-19-10-13(15)8-17-19)18-14-4-2-12(3-5-14)6-7-16/h2-5,8,10-11,18H,6,9H2,1H3/t11-/m0/s1. The zero-order valence-corrected chi connectivity index (χ0v) is 12.3. The van der Waals surface area contributed by atoms with Gasteiger partial charge in [0.05, 0.1) is 29.7 Å². The minimum absolute atomic E-state index is 0.272. The number of nitriles is 1. The lowest BCUT2D eigenvalue weighted by Crippen LogP contribution is -2.22. The van der Waals surface area contributed by atoms with Crippen molar-refractivity contribution < 1.29 is 0 Å². The zero-order valence-electron chi connectivity index (χ0n) is 10.7. The van der Waals surface area contributed by atoms with Crippen LogP contribution in [0.5, 0.6) is 0 Å². The normalized spacial score (nSPS) is 11.8. The fraction of sp³-hybridized carbons (Fsp3) is 0.286. The topological polar surface area (TPSA) is 53.6 Å². The summed E-state index contributed by atoms with van der Waals surface area (Å²) >= 11 is 3.38. The largest absolute Gasteiger partial charge is 0.381 e. The molecule has 19 heavy (non-hydrogen) atoms. The van der Waals surface area contributed by atoms with Gasteiger partial charge in [0.15, 0.2) is 0 Å². The highest BCUT2D eigenvalue weighted by Crippen LogP contribution is 2.12. The molecule has 1 N–H and O–H groups in total. The molecule has 2 aromatic rings. The average Bonchev–Trinajstić information content (AvgIpc) is 2.77. The second-order valence-electron chi connectivity index (χ2n) is 4.46. The molecule has 1 atom stereocenters. The van der Waals surface area contributed by atoms with E-state index >= 15 is 0 Å². The predicted octanol–water partition coefficient (Wildman–Crippen LogP) is 3.21. The van der Waals surface area contributed by atoms with Crippen LogP contribution in [-0.4, -0.2) is 15.8 Å². The maximum Gasteiger partial charge on any atom is 0.0669 e. The van der Waals surface area contributed by atoms with E-state index in [0.29, 0.717) is 6.42 Å². The van der Waals surface area contributed by atoms with E-state index in [-0.39, 0.29) is 6.04 Å². The molecule has 0 aliphatic rings. The summed E-state index contributed by atoms with van der Waals surface area (Å²) in [6.45, 7) is 2.91. The first-order valence-corrected chi connectivity index (χ1v) is 6.87. The van der Waals surface area contributed by atoms with Crippen molar-refractivity contribution in [2.24, 2.45) is 0 Å². The molecule has 0 spiro atoms. The summed E-state index contributed by atoms with van der Waals surface area (Å²) in [5.41, 5.74) is 2.09. The molecule has 1 aromatic carbocycles. The van der Waals surface area contributed by atoms with Crippen molar-refractivity contribution in [1.29, 1.82) is 5.26 Å². The summed E-state index contributed by atoms with van der Waals surface area (Å²) in [4.78, 5) is 0. The molecular formula is C14H15BrN4. The third-order valence-electron chi connectivity index (χ3n) is 2.71. The minimum Gasteiger partial charge on any atom is -0.381 e. The Balaban J connectivity index is 1.91. The number of anilines is 1. The quantitative estimate of drug-likeness (QED) is 0.921. The SMILES string of the molecule is C[C@@H](Cn1cc(Br)cn1)Nc1ccc(CC#N)cc1. The van der Waals surface area contributed by atoms with Crippen LogP contribution in [0.4, 0.5) is 5.69 Å². The minimum atomic E-state index is 0.272. The highest BCUT2D eigenvalue weighted by atomic mass is 79.9. The molecule has 0 unspecified atom stereocenters. The molecule has 5 heteroatoms. The summed E-state index contributed by atoms with van der Waals surface area (Å²) < 4.78 is 2.88. The Morgan fingerprint density at radius 2 is 2.16 bits per heavy atom. The second kappa shape index (κ2) is 6.39. The average molecular weight is 319 g/mol. The number of halogens is 1. The van der Waals surface area contributed by atoms with Gasteiger partial charge in [-0.1, -0.05) is 12.1 Å². The third-order valence-corrected chi connectivity index (χ3v) is 3.12. The van der Waals surface area contributed by atoms with Gasteiger partial charge < -0.3 is 5.32 Å². The molecule has 0 aliphatic carbocycles. The smallest absolute Gasteiger partial charge is 0.0669 e. The van der Waals surface area contributed by atoms with Crippen molar-refractivity contribution >= 4 is 21.6 Å². The first-order chi connectivity index (χ1) is 9.17. The fourth-order valence-electron chi connectivity index (χ4n) is 1.86. The summed E-state index contributed by atoms with van der Waals surface area (Å²) in [6.07, 6.45) is 4.19. The van der Waals surface area contributed by atoms with E-state index in [4.69, 9.17) is 5.26 Å². The monoisotopic (exact) mass is 318 g/mol. The predicted molar refractivity (Wildman–Crippen MR) is 78.8 cm³/mol. The number of nitrogens with one attached hydrogen (secondary N) is 1. The van der Waals surface area contributed by atoms with Gasteiger partial charge in [-0.2, -0.15) is 10.4 Å². The van der Waals surface area contributed by atoms with E-state index in [1.165, 1.54) is 0 Å². The molecule has 1 aromatic heterocycles. The van der Waals surface area contributed by atoms with Crippen LogP contribution in [0.3, 0.4) is 0 Å². The third kappa shape index (κ3) is 4.11. The molecule has 0 saturated heterocycles. The lowest BCUT2D eigenvalue weighted by Gasteiger charge is -2.15. The van der Waals surface area contributed by atoms with Crippen LogP contribution in [0.2, 0.25) is 0 Å². The summed E-state index contributed by atoms with van der Waals surface area (Å²) in [7, 11) is 0. The van der Waals surface area contributed by atoms with Crippen molar-refractivity contribution in [3.05, 3.63) is 46.7 Å². The molecule has 0 bridgehead atoms. The fourth-order valence-corrected chi connectivity index (χ4v) is 2.19. The van der Waals surface area contributed by atoms with Gasteiger partial charge in [0.1, 0.15) is 0 Å². The van der Waals surface area contributed by atoms with E-state index in [1.807, 2.05) is 35.1 Å². The van der Waals surface area contributed by atoms with Crippen LogP contribution in [-0.2, 0) is 13.0 Å². The number of benzene rings is 1. The molecule has 4 nitrogen and oxygen atoms in total. The molecule has 0 amide bonds. The number of nitrogens with zero attached hydrogens (tertiary/aromatic N) is 3. The molecule has 2 rings (SSSR count). The van der Waals surface area contributed by atoms with E-state index in [9.17, 15) is 0 Å². The van der Waals surface area contributed by atoms with Crippen LogP contribution in [0.15, 0.2) is 41.1 Å². The van der Waals surface area contributed by atoms with E-state index < -0.39 is 0 Å². The first-order valence-electron chi connectivity index (χ1n) is 6.08. The number of aromatic nitrogens is 2. The molecule has 98 valence electrons. The molecule has 0 saturated carbocycles. The van der Waals surface area contributed by atoms with Crippen LogP contribution in [0.1, 0.15) is 12.5 Å². The molecule has 0 fully saturated rings. The molecule has 1 heterocycles. The Kier molecular flexibility index (Phi) is 4.58. The summed E-state index contributed by atoms with van der Waals surface area (Å²) in [6, 6.07) is 10.4. The van der Waals surface area contributed by atoms with Crippen molar-refractivity contribution in [3.8, 4) is 6.07 Å². The Morgan fingerprint density at radius 1 is 1.42 bits per heavy atom. The van der Waals surface area contributed by atoms with Crippen molar-refractivity contribution in [3.63, 3.8) is 0 Å². The van der Waals surface area contributed by atoms with Gasteiger partial charge >= 0.3 is 0 Å². The second-order valence-corrected chi connectivity index (χ2v) is 5.37. The van der Waals surface area contributed by atoms with Crippen LogP contribution in [0.25, 0.3) is 0 Å². The first kappa shape index (κ1) is 13.6. The Morgan fingerprint density at radius 3 is 2.74 bits per heavy atom. The Hall–Kier alpha value is -1.80. The maximum atomic E-state index is 8.62. The van der Waals surface area contributed by atoms with E-state index in [2.05, 4.69) is 39.3 Å². The lowest BCUT2D eigenvalue weighted by molar-refractivity contribution is 0.560. The van der Waals surface area contributed by atoms with Gasteiger partial charge in [-0.3, -0.25) is 4.68 Å². The van der Waals surface area contributed by atoms with Gasteiger partial charge in [0.2, 0.25) is 0 Å². The van der Waals surface area contributed by atoms with Crippen LogP contribution < -0.4 is 5.32 Å². The van der Waals surface area contributed by atoms with Gasteiger partial charge in [0, 0.05) is 17.9 Å². The van der Waals surface area contributed by atoms with Gasteiger partial charge in [-0.25, -0.2) is 0 Å². The van der Waals surface area contributed by atoms with Crippen molar-refractivity contribution in [1.82, 2.24) is 9.78 Å².